The highest BCUT2D eigenvalue weighted by molar-refractivity contribution is 6.15. The maximum Gasteiger partial charge on any atom is 0.416 e. The average molecular weight is 425 g/mol. The molecule has 0 amide bonds. The highest BCUT2D eigenvalue weighted by Crippen LogP contribution is 2.35. The number of aliphatic imine (C=N–C) groups is 1. The van der Waals surface area contributed by atoms with Crippen molar-refractivity contribution in [3.05, 3.63) is 76.9 Å². The average Bonchev–Trinajstić information content (AvgIpc) is 3.49. The molecule has 5 nitrogen and oxygen atoms in total. The van der Waals surface area contributed by atoms with E-state index in [1.54, 1.807) is 4.57 Å². The second-order valence-electron chi connectivity index (χ2n) is 8.27. The molecule has 5 rings (SSSR count). The SMILES string of the molecule is CN(Cc1nnc2n1-c1cc(C(F)(F)F)ccc1C(c1ccccc1)=NC2)CC1CC1. The number of nitrogens with zero attached hydrogens (tertiary/aromatic N) is 5. The maximum atomic E-state index is 13.6. The fraction of sp³-hybridized carbons (Fsp3) is 0.348. The van der Waals surface area contributed by atoms with E-state index in [1.165, 1.54) is 25.0 Å². The minimum Gasteiger partial charge on any atom is -0.299 e. The largest absolute Gasteiger partial charge is 0.416 e. The summed E-state index contributed by atoms with van der Waals surface area (Å²) < 4.78 is 42.4. The standard InChI is InChI=1S/C23H22F3N5/c1-30(13-15-7-8-15)14-21-29-28-20-12-27-22(16-5-3-2-4-6-16)18-10-9-17(23(24,25)26)11-19(18)31(20)21/h2-6,9-11,15H,7-8,12-14H2,1H3. The van der Waals surface area contributed by atoms with E-state index in [0.717, 1.165) is 18.2 Å². The Morgan fingerprint density at radius 3 is 2.55 bits per heavy atom. The molecule has 0 spiro atoms. The molecule has 2 aromatic carbocycles. The minimum absolute atomic E-state index is 0.250. The molecular formula is C23H22F3N5. The number of benzene rings is 2. The fourth-order valence-electron chi connectivity index (χ4n) is 4.05. The van der Waals surface area contributed by atoms with Crippen molar-refractivity contribution in [2.45, 2.75) is 32.1 Å². The summed E-state index contributed by atoms with van der Waals surface area (Å²) in [5, 5.41) is 8.60. The molecule has 1 fully saturated rings. The molecule has 160 valence electrons. The molecule has 0 bridgehead atoms. The fourth-order valence-corrected chi connectivity index (χ4v) is 4.05. The second kappa shape index (κ2) is 7.60. The van der Waals surface area contributed by atoms with Gasteiger partial charge in [0.05, 0.1) is 23.5 Å². The Hall–Kier alpha value is -3.00. The van der Waals surface area contributed by atoms with Gasteiger partial charge in [0.1, 0.15) is 6.54 Å². The van der Waals surface area contributed by atoms with E-state index in [0.29, 0.717) is 41.1 Å². The number of rotatable bonds is 5. The monoisotopic (exact) mass is 425 g/mol. The maximum absolute atomic E-state index is 13.6. The number of alkyl halides is 3. The number of hydrogen-bond donors (Lipinski definition) is 0. The lowest BCUT2D eigenvalue weighted by atomic mass is 9.98. The predicted octanol–water partition coefficient (Wildman–Crippen LogP) is 4.48. The van der Waals surface area contributed by atoms with Gasteiger partial charge in [-0.05, 0) is 37.9 Å². The van der Waals surface area contributed by atoms with Crippen molar-refractivity contribution >= 4 is 5.71 Å². The van der Waals surface area contributed by atoms with Crippen LogP contribution in [0.25, 0.3) is 5.69 Å². The Labute approximate surface area is 178 Å². The van der Waals surface area contributed by atoms with Gasteiger partial charge >= 0.3 is 6.18 Å². The van der Waals surface area contributed by atoms with Crippen LogP contribution in [0, 0.1) is 5.92 Å². The highest BCUT2D eigenvalue weighted by atomic mass is 19.4. The summed E-state index contributed by atoms with van der Waals surface area (Å²) >= 11 is 0. The molecule has 2 heterocycles. The third-order valence-electron chi connectivity index (χ3n) is 5.72. The van der Waals surface area contributed by atoms with Crippen LogP contribution in [-0.4, -0.2) is 39.0 Å². The molecule has 1 aromatic heterocycles. The van der Waals surface area contributed by atoms with Crippen LogP contribution < -0.4 is 0 Å². The molecule has 0 saturated heterocycles. The van der Waals surface area contributed by atoms with Crippen LogP contribution in [0.5, 0.6) is 0 Å². The van der Waals surface area contributed by atoms with Crippen molar-refractivity contribution in [2.75, 3.05) is 13.6 Å². The van der Waals surface area contributed by atoms with Crippen LogP contribution in [0.2, 0.25) is 0 Å². The summed E-state index contributed by atoms with van der Waals surface area (Å²) in [6.45, 7) is 1.71. The zero-order chi connectivity index (χ0) is 21.6. The van der Waals surface area contributed by atoms with Gasteiger partial charge in [-0.2, -0.15) is 13.2 Å². The van der Waals surface area contributed by atoms with E-state index in [2.05, 4.69) is 15.1 Å². The lowest BCUT2D eigenvalue weighted by Gasteiger charge is -2.19. The molecule has 1 aliphatic carbocycles. The van der Waals surface area contributed by atoms with Crippen LogP contribution in [-0.2, 0) is 19.3 Å². The van der Waals surface area contributed by atoms with Crippen LogP contribution in [0.1, 0.15) is 41.2 Å². The van der Waals surface area contributed by atoms with Crippen molar-refractivity contribution in [3.8, 4) is 5.69 Å². The molecule has 1 saturated carbocycles. The molecule has 31 heavy (non-hydrogen) atoms. The third kappa shape index (κ3) is 3.99. The number of aromatic nitrogens is 3. The summed E-state index contributed by atoms with van der Waals surface area (Å²) in [5.74, 6) is 1.87. The first-order valence-corrected chi connectivity index (χ1v) is 10.3. The molecule has 1 aliphatic heterocycles. The summed E-state index contributed by atoms with van der Waals surface area (Å²) in [4.78, 5) is 6.88. The van der Waals surface area contributed by atoms with E-state index in [-0.39, 0.29) is 6.54 Å². The Balaban J connectivity index is 1.63. The van der Waals surface area contributed by atoms with E-state index < -0.39 is 11.7 Å². The molecule has 0 N–H and O–H groups in total. The van der Waals surface area contributed by atoms with Gasteiger partial charge in [-0.15, -0.1) is 10.2 Å². The van der Waals surface area contributed by atoms with Crippen LogP contribution in [0.3, 0.4) is 0 Å². The second-order valence-corrected chi connectivity index (χ2v) is 8.27. The summed E-state index contributed by atoms with van der Waals surface area (Å²) in [6, 6.07) is 13.3. The van der Waals surface area contributed by atoms with E-state index >= 15 is 0 Å². The molecule has 0 atom stereocenters. The zero-order valence-corrected chi connectivity index (χ0v) is 17.1. The van der Waals surface area contributed by atoms with Gasteiger partial charge < -0.3 is 0 Å². The summed E-state index contributed by atoms with van der Waals surface area (Å²) in [6.07, 6.45) is -1.98. The number of hydrogen-bond acceptors (Lipinski definition) is 4. The molecule has 0 radical (unpaired) electrons. The third-order valence-corrected chi connectivity index (χ3v) is 5.72. The van der Waals surface area contributed by atoms with Gasteiger partial charge in [-0.1, -0.05) is 36.4 Å². The van der Waals surface area contributed by atoms with Gasteiger partial charge in [0, 0.05) is 17.7 Å². The zero-order valence-electron chi connectivity index (χ0n) is 17.1. The Kier molecular flexibility index (Phi) is 4.89. The lowest BCUT2D eigenvalue weighted by molar-refractivity contribution is -0.137. The minimum atomic E-state index is -4.44. The summed E-state index contributed by atoms with van der Waals surface area (Å²) in [7, 11) is 2.01. The quantitative estimate of drug-likeness (QED) is 0.606. The van der Waals surface area contributed by atoms with Crippen LogP contribution >= 0.6 is 0 Å². The van der Waals surface area contributed by atoms with Crippen molar-refractivity contribution in [2.24, 2.45) is 10.9 Å². The van der Waals surface area contributed by atoms with Crippen LogP contribution in [0.4, 0.5) is 13.2 Å². The highest BCUT2D eigenvalue weighted by Gasteiger charge is 2.33. The molecular weight excluding hydrogens is 403 g/mol. The molecule has 2 aliphatic rings. The molecule has 8 heteroatoms. The van der Waals surface area contributed by atoms with Gasteiger partial charge in [-0.25, -0.2) is 0 Å². The molecule has 0 unspecified atom stereocenters. The van der Waals surface area contributed by atoms with E-state index in [9.17, 15) is 13.2 Å². The van der Waals surface area contributed by atoms with Crippen LogP contribution in [0.15, 0.2) is 53.5 Å². The normalized spacial score (nSPS) is 16.0. The Bertz CT molecular complexity index is 1130. The topological polar surface area (TPSA) is 46.3 Å². The van der Waals surface area contributed by atoms with Crippen molar-refractivity contribution in [3.63, 3.8) is 0 Å². The van der Waals surface area contributed by atoms with Gasteiger partial charge in [0.25, 0.3) is 0 Å². The van der Waals surface area contributed by atoms with Gasteiger partial charge in [-0.3, -0.25) is 14.5 Å². The van der Waals surface area contributed by atoms with Gasteiger partial charge in [0.15, 0.2) is 11.6 Å². The number of halogens is 3. The first kappa shape index (κ1) is 19.9. The van der Waals surface area contributed by atoms with E-state index in [4.69, 9.17) is 4.99 Å². The van der Waals surface area contributed by atoms with Crippen molar-refractivity contribution in [1.82, 2.24) is 19.7 Å². The smallest absolute Gasteiger partial charge is 0.299 e. The Morgan fingerprint density at radius 2 is 1.84 bits per heavy atom. The number of fused-ring (bicyclic) bond motifs is 3. The lowest BCUT2D eigenvalue weighted by Crippen LogP contribution is -2.23. The predicted molar refractivity (Wildman–Crippen MR) is 111 cm³/mol. The van der Waals surface area contributed by atoms with Crippen molar-refractivity contribution in [1.29, 1.82) is 0 Å². The first-order valence-electron chi connectivity index (χ1n) is 10.3. The van der Waals surface area contributed by atoms with E-state index in [1.807, 2.05) is 37.4 Å². The molecule has 3 aromatic rings. The summed E-state index contributed by atoms with van der Waals surface area (Å²) in [5.41, 5.74) is 1.88. The first-order chi connectivity index (χ1) is 14.9. The van der Waals surface area contributed by atoms with Gasteiger partial charge in [0.2, 0.25) is 0 Å². The van der Waals surface area contributed by atoms with Crippen molar-refractivity contribution < 1.29 is 13.2 Å². The Morgan fingerprint density at radius 1 is 1.06 bits per heavy atom.